The Hall–Kier alpha value is -1.84. The topological polar surface area (TPSA) is 66.4 Å². The summed E-state index contributed by atoms with van der Waals surface area (Å²) in [5.74, 6) is -1.64. The molecule has 4 nitrogen and oxygen atoms in total. The van der Waals surface area contributed by atoms with Crippen molar-refractivity contribution in [3.8, 4) is 0 Å². The molecule has 0 radical (unpaired) electrons. The normalized spacial score (nSPS) is 24.3. The maximum atomic E-state index is 11.9. The summed E-state index contributed by atoms with van der Waals surface area (Å²) in [6.45, 7) is 4.01. The quantitative estimate of drug-likeness (QED) is 0.852. The largest absolute Gasteiger partial charge is 0.481 e. The Bertz CT molecular complexity index is 472. The van der Waals surface area contributed by atoms with Crippen molar-refractivity contribution in [3.05, 3.63) is 35.9 Å². The van der Waals surface area contributed by atoms with E-state index in [1.807, 2.05) is 37.3 Å². The second-order valence-corrected chi connectivity index (χ2v) is 5.28. The molecule has 1 aromatic rings. The van der Waals surface area contributed by atoms with Crippen molar-refractivity contribution in [3.63, 3.8) is 0 Å². The molecule has 1 aliphatic carbocycles. The third-order valence-electron chi connectivity index (χ3n) is 3.89. The van der Waals surface area contributed by atoms with Crippen LogP contribution >= 0.6 is 0 Å². The third-order valence-corrected chi connectivity index (χ3v) is 3.89. The molecule has 102 valence electrons. The maximum absolute atomic E-state index is 11.9. The number of nitrogens with one attached hydrogen (secondary N) is 1. The lowest BCUT2D eigenvalue weighted by molar-refractivity contribution is -0.140. The summed E-state index contributed by atoms with van der Waals surface area (Å²) in [4.78, 5) is 22.6. The number of aliphatic carboxylic acids is 1. The number of carboxylic acid groups (broad SMARTS) is 1. The standard InChI is InChI=1S/C15H19NO3/c1-9(11-6-4-3-5-7-11)10(2)16-14(17)12-8-13(12)15(18)19/h3-7,9-10,12-13H,8H2,1-2H3,(H,16,17)(H,18,19). The first-order chi connectivity index (χ1) is 9.00. The molecule has 1 fully saturated rings. The number of carbonyl (C=O) groups is 2. The molecule has 0 heterocycles. The molecule has 1 amide bonds. The monoisotopic (exact) mass is 261 g/mol. The zero-order valence-corrected chi connectivity index (χ0v) is 11.2. The van der Waals surface area contributed by atoms with Crippen LogP contribution in [0.3, 0.4) is 0 Å². The van der Waals surface area contributed by atoms with E-state index in [4.69, 9.17) is 5.11 Å². The van der Waals surface area contributed by atoms with E-state index in [0.717, 1.165) is 0 Å². The summed E-state index contributed by atoms with van der Waals surface area (Å²) in [5, 5.41) is 11.7. The van der Waals surface area contributed by atoms with Crippen molar-refractivity contribution in [1.82, 2.24) is 5.32 Å². The predicted octanol–water partition coefficient (Wildman–Crippen LogP) is 2.02. The summed E-state index contributed by atoms with van der Waals surface area (Å²) in [7, 11) is 0. The summed E-state index contributed by atoms with van der Waals surface area (Å²) in [6, 6.07) is 9.96. The molecule has 0 saturated heterocycles. The Labute approximate surface area is 112 Å². The van der Waals surface area contributed by atoms with E-state index in [-0.39, 0.29) is 23.8 Å². The van der Waals surface area contributed by atoms with Crippen LogP contribution in [0.1, 0.15) is 31.7 Å². The maximum Gasteiger partial charge on any atom is 0.307 e. The molecule has 2 rings (SSSR count). The minimum atomic E-state index is -0.871. The zero-order chi connectivity index (χ0) is 14.0. The van der Waals surface area contributed by atoms with Gasteiger partial charge in [0.15, 0.2) is 0 Å². The first kappa shape index (κ1) is 13.6. The van der Waals surface area contributed by atoms with Gasteiger partial charge in [0.2, 0.25) is 5.91 Å². The van der Waals surface area contributed by atoms with Crippen molar-refractivity contribution >= 4 is 11.9 Å². The molecule has 4 unspecified atom stereocenters. The van der Waals surface area contributed by atoms with Crippen LogP contribution in [-0.4, -0.2) is 23.0 Å². The Kier molecular flexibility index (Phi) is 3.88. The average Bonchev–Trinajstić information content (AvgIpc) is 3.19. The molecule has 2 N–H and O–H groups in total. The fourth-order valence-corrected chi connectivity index (χ4v) is 2.26. The first-order valence-electron chi connectivity index (χ1n) is 6.59. The molecule has 19 heavy (non-hydrogen) atoms. The lowest BCUT2D eigenvalue weighted by Gasteiger charge is -2.21. The Morgan fingerprint density at radius 2 is 1.84 bits per heavy atom. The van der Waals surface area contributed by atoms with E-state index in [2.05, 4.69) is 12.2 Å². The van der Waals surface area contributed by atoms with Gasteiger partial charge in [-0.05, 0) is 18.9 Å². The van der Waals surface area contributed by atoms with Crippen molar-refractivity contribution < 1.29 is 14.7 Å². The van der Waals surface area contributed by atoms with Crippen LogP contribution in [0, 0.1) is 11.8 Å². The highest BCUT2D eigenvalue weighted by atomic mass is 16.4. The van der Waals surface area contributed by atoms with E-state index in [1.54, 1.807) is 0 Å². The van der Waals surface area contributed by atoms with Gasteiger partial charge in [0.1, 0.15) is 0 Å². The number of rotatable bonds is 5. The van der Waals surface area contributed by atoms with E-state index >= 15 is 0 Å². The van der Waals surface area contributed by atoms with E-state index in [9.17, 15) is 9.59 Å². The van der Waals surface area contributed by atoms with Crippen LogP contribution in [-0.2, 0) is 9.59 Å². The highest BCUT2D eigenvalue weighted by molar-refractivity contribution is 5.89. The molecule has 0 aromatic heterocycles. The van der Waals surface area contributed by atoms with Crippen LogP contribution in [0.4, 0.5) is 0 Å². The molecule has 4 atom stereocenters. The molecular formula is C15H19NO3. The molecular weight excluding hydrogens is 242 g/mol. The van der Waals surface area contributed by atoms with Gasteiger partial charge < -0.3 is 10.4 Å². The second kappa shape index (κ2) is 5.43. The minimum Gasteiger partial charge on any atom is -0.481 e. The molecule has 0 bridgehead atoms. The highest BCUT2D eigenvalue weighted by Gasteiger charge is 2.48. The van der Waals surface area contributed by atoms with Gasteiger partial charge in [-0.15, -0.1) is 0 Å². The average molecular weight is 261 g/mol. The molecule has 4 heteroatoms. The summed E-state index contributed by atoms with van der Waals surface area (Å²) >= 11 is 0. The van der Waals surface area contributed by atoms with Crippen molar-refractivity contribution in [2.45, 2.75) is 32.2 Å². The van der Waals surface area contributed by atoms with E-state index in [1.165, 1.54) is 5.56 Å². The first-order valence-corrected chi connectivity index (χ1v) is 6.59. The number of amides is 1. The summed E-state index contributed by atoms with van der Waals surface area (Å²) < 4.78 is 0. The fraction of sp³-hybridized carbons (Fsp3) is 0.467. The molecule has 1 saturated carbocycles. The number of hydrogen-bond donors (Lipinski definition) is 2. The second-order valence-electron chi connectivity index (χ2n) is 5.28. The lowest BCUT2D eigenvalue weighted by Crippen LogP contribution is -2.37. The summed E-state index contributed by atoms with van der Waals surface area (Å²) in [6.07, 6.45) is 0.466. The van der Waals surface area contributed by atoms with Gasteiger partial charge in [-0.1, -0.05) is 37.3 Å². The number of hydrogen-bond acceptors (Lipinski definition) is 2. The van der Waals surface area contributed by atoms with Crippen LogP contribution in [0.2, 0.25) is 0 Å². The van der Waals surface area contributed by atoms with Gasteiger partial charge >= 0.3 is 5.97 Å². The van der Waals surface area contributed by atoms with Crippen molar-refractivity contribution in [2.75, 3.05) is 0 Å². The van der Waals surface area contributed by atoms with E-state index < -0.39 is 11.9 Å². The van der Waals surface area contributed by atoms with Crippen molar-refractivity contribution in [2.24, 2.45) is 11.8 Å². The molecule has 1 aromatic carbocycles. The summed E-state index contributed by atoms with van der Waals surface area (Å²) in [5.41, 5.74) is 1.17. The fourth-order valence-electron chi connectivity index (χ4n) is 2.26. The van der Waals surface area contributed by atoms with Gasteiger partial charge in [-0.3, -0.25) is 9.59 Å². The van der Waals surface area contributed by atoms with Crippen LogP contribution in [0.15, 0.2) is 30.3 Å². The van der Waals surface area contributed by atoms with Gasteiger partial charge in [0.25, 0.3) is 0 Å². The Morgan fingerprint density at radius 3 is 2.37 bits per heavy atom. The number of benzene rings is 1. The van der Waals surface area contributed by atoms with E-state index in [0.29, 0.717) is 6.42 Å². The SMILES string of the molecule is CC(NC(=O)C1CC1C(=O)O)C(C)c1ccccc1. The van der Waals surface area contributed by atoms with Crippen molar-refractivity contribution in [1.29, 1.82) is 0 Å². The Morgan fingerprint density at radius 1 is 1.21 bits per heavy atom. The van der Waals surface area contributed by atoms with Gasteiger partial charge in [0.05, 0.1) is 11.8 Å². The minimum absolute atomic E-state index is 0.00931. The predicted molar refractivity (Wildman–Crippen MR) is 71.7 cm³/mol. The third kappa shape index (κ3) is 3.13. The zero-order valence-electron chi connectivity index (χ0n) is 11.2. The van der Waals surface area contributed by atoms with Crippen LogP contribution in [0.25, 0.3) is 0 Å². The lowest BCUT2D eigenvalue weighted by atomic mass is 9.94. The molecule has 0 aliphatic heterocycles. The Balaban J connectivity index is 1.89. The molecule has 1 aliphatic rings. The van der Waals surface area contributed by atoms with Gasteiger partial charge in [-0.25, -0.2) is 0 Å². The highest BCUT2D eigenvalue weighted by Crippen LogP contribution is 2.39. The van der Waals surface area contributed by atoms with Crippen LogP contribution in [0.5, 0.6) is 0 Å². The number of carboxylic acids is 1. The van der Waals surface area contributed by atoms with Crippen LogP contribution < -0.4 is 5.32 Å². The van der Waals surface area contributed by atoms with Gasteiger partial charge in [0, 0.05) is 12.0 Å². The molecule has 0 spiro atoms. The van der Waals surface area contributed by atoms with Gasteiger partial charge in [-0.2, -0.15) is 0 Å². The number of carbonyl (C=O) groups excluding carboxylic acids is 1. The smallest absolute Gasteiger partial charge is 0.307 e.